The highest BCUT2D eigenvalue weighted by atomic mass is 14.7. The minimum atomic E-state index is 0.0814. The highest BCUT2D eigenvalue weighted by molar-refractivity contribution is 6.02. The molecule has 0 amide bonds. The average Bonchev–Trinajstić information content (AvgIpc) is 2.42. The van der Waals surface area contributed by atoms with Crippen molar-refractivity contribution in [3.8, 4) is 0 Å². The van der Waals surface area contributed by atoms with Crippen molar-refractivity contribution in [2.75, 3.05) is 0 Å². The van der Waals surface area contributed by atoms with Crippen LogP contribution >= 0.6 is 0 Å². The molecule has 0 saturated heterocycles. The fourth-order valence-corrected chi connectivity index (χ4v) is 3.54. The number of hydrogen-bond donors (Lipinski definition) is 0. The molecule has 2 aromatic carbocycles. The lowest BCUT2D eigenvalue weighted by Crippen LogP contribution is -2.14. The molecule has 1 aromatic heterocycles. The van der Waals surface area contributed by atoms with E-state index in [0.29, 0.717) is 0 Å². The summed E-state index contributed by atoms with van der Waals surface area (Å²) >= 11 is 0. The van der Waals surface area contributed by atoms with E-state index in [1.165, 1.54) is 38.6 Å². The molecule has 0 aliphatic carbocycles. The summed E-state index contributed by atoms with van der Waals surface area (Å²) < 4.78 is 0. The Morgan fingerprint density at radius 1 is 0.773 bits per heavy atom. The van der Waals surface area contributed by atoms with Gasteiger partial charge in [0.25, 0.3) is 0 Å². The van der Waals surface area contributed by atoms with Crippen LogP contribution in [0.15, 0.2) is 24.3 Å². The number of benzene rings is 2. The molecular formula is C21H25N. The maximum Gasteiger partial charge on any atom is 0.0718 e. The van der Waals surface area contributed by atoms with E-state index >= 15 is 0 Å². The summed E-state index contributed by atoms with van der Waals surface area (Å²) in [6.07, 6.45) is 0. The normalized spacial score (nSPS) is 12.3. The average molecular weight is 291 g/mol. The topological polar surface area (TPSA) is 12.9 Å². The lowest BCUT2D eigenvalue weighted by atomic mass is 9.79. The third kappa shape index (κ3) is 2.11. The summed E-state index contributed by atoms with van der Waals surface area (Å²) in [5, 5.41) is 2.67. The first-order valence-electron chi connectivity index (χ1n) is 8.02. The molecule has 1 nitrogen and oxygen atoms in total. The molecule has 0 radical (unpaired) electrons. The summed E-state index contributed by atoms with van der Waals surface area (Å²) in [6.45, 7) is 15.8. The van der Waals surface area contributed by atoms with Gasteiger partial charge in [-0.25, -0.2) is 4.98 Å². The Morgan fingerprint density at radius 2 is 1.45 bits per heavy atom. The number of hydrogen-bond acceptors (Lipinski definition) is 1. The van der Waals surface area contributed by atoms with E-state index in [1.54, 1.807) is 0 Å². The van der Waals surface area contributed by atoms with Crippen LogP contribution < -0.4 is 0 Å². The van der Waals surface area contributed by atoms with Crippen molar-refractivity contribution in [2.45, 2.75) is 53.9 Å². The Balaban J connectivity index is 2.69. The van der Waals surface area contributed by atoms with Gasteiger partial charge in [-0.1, -0.05) is 32.9 Å². The molecule has 1 heteroatoms. The Labute approximate surface area is 133 Å². The molecule has 3 rings (SSSR count). The Kier molecular flexibility index (Phi) is 3.28. The Bertz CT molecular complexity index is 896. The molecule has 0 N–H and O–H groups in total. The van der Waals surface area contributed by atoms with Gasteiger partial charge in [-0.3, -0.25) is 0 Å². The first-order chi connectivity index (χ1) is 10.2. The van der Waals surface area contributed by atoms with Crippen molar-refractivity contribution < 1.29 is 0 Å². The predicted octanol–water partition coefficient (Wildman–Crippen LogP) is 5.92. The summed E-state index contributed by atoms with van der Waals surface area (Å²) in [4.78, 5) is 4.98. The molecule has 0 bridgehead atoms. The van der Waals surface area contributed by atoms with Gasteiger partial charge in [0.2, 0.25) is 0 Å². The van der Waals surface area contributed by atoms with Crippen molar-refractivity contribution in [1.29, 1.82) is 0 Å². The van der Waals surface area contributed by atoms with E-state index in [0.717, 1.165) is 11.0 Å². The molecular weight excluding hydrogens is 266 g/mol. The van der Waals surface area contributed by atoms with Crippen molar-refractivity contribution in [3.05, 3.63) is 52.1 Å². The SMILES string of the molecule is Cc1cc2nc3cccc(C)c3c(C(C)(C)C)c2c(C)c1C. The maximum atomic E-state index is 4.98. The standard InChI is InChI=1S/C21H25N/c1-12-9-8-10-16-18(12)20(21(5,6)7)19-15(4)14(3)13(2)11-17(19)22-16/h8-11H,1-7H3. The minimum Gasteiger partial charge on any atom is -0.248 e. The van der Waals surface area contributed by atoms with Crippen LogP contribution in [0.4, 0.5) is 0 Å². The first-order valence-corrected chi connectivity index (χ1v) is 8.02. The number of aromatic nitrogens is 1. The van der Waals surface area contributed by atoms with Crippen LogP contribution in [0.1, 0.15) is 48.6 Å². The van der Waals surface area contributed by atoms with E-state index in [9.17, 15) is 0 Å². The molecule has 22 heavy (non-hydrogen) atoms. The number of nitrogens with zero attached hydrogens (tertiary/aromatic N) is 1. The van der Waals surface area contributed by atoms with Crippen LogP contribution in [0.25, 0.3) is 21.8 Å². The van der Waals surface area contributed by atoms with Gasteiger partial charge in [-0.05, 0) is 73.1 Å². The monoisotopic (exact) mass is 291 g/mol. The van der Waals surface area contributed by atoms with Crippen LogP contribution in [0.2, 0.25) is 0 Å². The lowest BCUT2D eigenvalue weighted by Gasteiger charge is -2.26. The van der Waals surface area contributed by atoms with Crippen molar-refractivity contribution in [3.63, 3.8) is 0 Å². The van der Waals surface area contributed by atoms with Crippen LogP contribution in [-0.2, 0) is 5.41 Å². The van der Waals surface area contributed by atoms with E-state index in [4.69, 9.17) is 4.98 Å². The molecule has 0 aliphatic rings. The fourth-order valence-electron chi connectivity index (χ4n) is 3.54. The van der Waals surface area contributed by atoms with Crippen molar-refractivity contribution >= 4 is 21.8 Å². The number of fused-ring (bicyclic) bond motifs is 2. The third-order valence-corrected chi connectivity index (χ3v) is 4.88. The number of rotatable bonds is 0. The zero-order valence-electron chi connectivity index (χ0n) is 14.8. The van der Waals surface area contributed by atoms with E-state index < -0.39 is 0 Å². The summed E-state index contributed by atoms with van der Waals surface area (Å²) in [6, 6.07) is 8.69. The minimum absolute atomic E-state index is 0.0814. The smallest absolute Gasteiger partial charge is 0.0718 e. The quantitative estimate of drug-likeness (QED) is 0.468. The molecule has 0 atom stereocenters. The summed E-state index contributed by atoms with van der Waals surface area (Å²) in [5.74, 6) is 0. The lowest BCUT2D eigenvalue weighted by molar-refractivity contribution is 0.600. The second-order valence-electron chi connectivity index (χ2n) is 7.54. The Hall–Kier alpha value is -1.89. The second kappa shape index (κ2) is 4.81. The fraction of sp³-hybridized carbons (Fsp3) is 0.381. The van der Waals surface area contributed by atoms with Gasteiger partial charge in [0.05, 0.1) is 11.0 Å². The molecule has 0 fully saturated rings. The van der Waals surface area contributed by atoms with Gasteiger partial charge >= 0.3 is 0 Å². The van der Waals surface area contributed by atoms with Crippen LogP contribution in [0.3, 0.4) is 0 Å². The van der Waals surface area contributed by atoms with Gasteiger partial charge in [0, 0.05) is 10.8 Å². The molecule has 1 heterocycles. The summed E-state index contributed by atoms with van der Waals surface area (Å²) in [7, 11) is 0. The second-order valence-corrected chi connectivity index (χ2v) is 7.54. The largest absolute Gasteiger partial charge is 0.248 e. The van der Waals surface area contributed by atoms with Crippen molar-refractivity contribution in [2.24, 2.45) is 0 Å². The van der Waals surface area contributed by atoms with Crippen LogP contribution in [0.5, 0.6) is 0 Å². The first kappa shape index (κ1) is 15.0. The third-order valence-electron chi connectivity index (χ3n) is 4.88. The van der Waals surface area contributed by atoms with E-state index in [-0.39, 0.29) is 5.41 Å². The molecule has 0 unspecified atom stereocenters. The highest BCUT2D eigenvalue weighted by Gasteiger charge is 2.24. The molecule has 0 aliphatic heterocycles. The number of aryl methyl sites for hydroxylation is 3. The maximum absolute atomic E-state index is 4.98. The van der Waals surface area contributed by atoms with Crippen molar-refractivity contribution in [1.82, 2.24) is 4.98 Å². The zero-order valence-corrected chi connectivity index (χ0v) is 14.8. The van der Waals surface area contributed by atoms with Gasteiger partial charge in [-0.2, -0.15) is 0 Å². The molecule has 114 valence electrons. The molecule has 0 spiro atoms. The number of pyridine rings is 1. The summed E-state index contributed by atoms with van der Waals surface area (Å²) in [5.41, 5.74) is 9.15. The molecule has 0 saturated carbocycles. The predicted molar refractivity (Wildman–Crippen MR) is 96.9 cm³/mol. The van der Waals surface area contributed by atoms with Crippen LogP contribution in [-0.4, -0.2) is 4.98 Å². The van der Waals surface area contributed by atoms with Gasteiger partial charge in [0.1, 0.15) is 0 Å². The highest BCUT2D eigenvalue weighted by Crippen LogP contribution is 2.39. The Morgan fingerprint density at radius 3 is 2.09 bits per heavy atom. The van der Waals surface area contributed by atoms with Gasteiger partial charge < -0.3 is 0 Å². The van der Waals surface area contributed by atoms with Crippen LogP contribution in [0, 0.1) is 27.7 Å². The van der Waals surface area contributed by atoms with Gasteiger partial charge in [-0.15, -0.1) is 0 Å². The van der Waals surface area contributed by atoms with E-state index in [1.807, 2.05) is 0 Å². The van der Waals surface area contributed by atoms with E-state index in [2.05, 4.69) is 72.7 Å². The van der Waals surface area contributed by atoms with Gasteiger partial charge in [0.15, 0.2) is 0 Å². The molecule has 3 aromatic rings. The zero-order chi connectivity index (χ0) is 16.2.